The Morgan fingerprint density at radius 2 is 2.00 bits per heavy atom. The first-order valence-electron chi connectivity index (χ1n) is 5.95. The van der Waals surface area contributed by atoms with Gasteiger partial charge in [0.25, 0.3) is 5.91 Å². The first kappa shape index (κ1) is 15.0. The van der Waals surface area contributed by atoms with E-state index in [0.717, 1.165) is 5.56 Å². The van der Waals surface area contributed by atoms with E-state index in [4.69, 9.17) is 17.3 Å². The number of aromatic nitrogens is 1. The average Bonchev–Trinajstić information content (AvgIpc) is 2.39. The van der Waals surface area contributed by atoms with Crippen LogP contribution in [-0.4, -0.2) is 10.9 Å². The van der Waals surface area contributed by atoms with Crippen LogP contribution >= 0.6 is 27.5 Å². The van der Waals surface area contributed by atoms with Crippen LogP contribution in [-0.2, 0) is 0 Å². The number of carbonyl (C=O) groups excluding carboxylic acids is 1. The van der Waals surface area contributed by atoms with Crippen LogP contribution in [0.25, 0.3) is 0 Å². The number of benzene rings is 1. The fourth-order valence-electron chi connectivity index (χ4n) is 1.69. The van der Waals surface area contributed by atoms with Gasteiger partial charge >= 0.3 is 0 Å². The highest BCUT2D eigenvalue weighted by atomic mass is 79.9. The smallest absolute Gasteiger partial charge is 0.258 e. The molecule has 1 heterocycles. The highest BCUT2D eigenvalue weighted by molar-refractivity contribution is 9.10. The second kappa shape index (κ2) is 6.35. The number of halogens is 2. The van der Waals surface area contributed by atoms with Crippen LogP contribution < -0.4 is 11.1 Å². The van der Waals surface area contributed by atoms with E-state index in [2.05, 4.69) is 26.2 Å². The SMILES string of the molecule is C[C@@H](N)c1ccc(NC(=O)c2c(Cl)cncc2Br)cc1. The lowest BCUT2D eigenvalue weighted by Gasteiger charge is -2.10. The zero-order chi connectivity index (χ0) is 14.7. The summed E-state index contributed by atoms with van der Waals surface area (Å²) in [5.41, 5.74) is 7.82. The second-order valence-corrected chi connectivity index (χ2v) is 5.60. The number of anilines is 1. The molecule has 0 unspecified atom stereocenters. The molecule has 2 aromatic rings. The molecule has 6 heteroatoms. The third kappa shape index (κ3) is 3.36. The van der Waals surface area contributed by atoms with Crippen LogP contribution in [0.1, 0.15) is 28.9 Å². The number of pyridine rings is 1. The number of nitrogens with two attached hydrogens (primary N) is 1. The molecule has 0 aliphatic carbocycles. The summed E-state index contributed by atoms with van der Waals surface area (Å²) in [6.07, 6.45) is 2.96. The minimum absolute atomic E-state index is 0.0384. The Labute approximate surface area is 130 Å². The summed E-state index contributed by atoms with van der Waals surface area (Å²) in [6, 6.07) is 7.33. The summed E-state index contributed by atoms with van der Waals surface area (Å²) < 4.78 is 0.551. The fraction of sp³-hybridized carbons (Fsp3) is 0.143. The van der Waals surface area contributed by atoms with Gasteiger partial charge in [-0.15, -0.1) is 0 Å². The first-order valence-corrected chi connectivity index (χ1v) is 7.12. The maximum absolute atomic E-state index is 12.2. The summed E-state index contributed by atoms with van der Waals surface area (Å²) in [7, 11) is 0. The molecule has 3 N–H and O–H groups in total. The molecule has 0 saturated carbocycles. The van der Waals surface area contributed by atoms with Gasteiger partial charge in [0, 0.05) is 24.1 Å². The van der Waals surface area contributed by atoms with Crippen molar-refractivity contribution in [2.75, 3.05) is 5.32 Å². The van der Waals surface area contributed by atoms with Crippen molar-refractivity contribution < 1.29 is 4.79 Å². The van der Waals surface area contributed by atoms with E-state index < -0.39 is 0 Å². The Bertz CT molecular complexity index is 609. The summed E-state index contributed by atoms with van der Waals surface area (Å²) in [6.45, 7) is 1.90. The maximum atomic E-state index is 12.2. The van der Waals surface area contributed by atoms with Gasteiger partial charge in [-0.3, -0.25) is 9.78 Å². The molecule has 4 nitrogen and oxygen atoms in total. The summed E-state index contributed by atoms with van der Waals surface area (Å²) in [5.74, 6) is -0.294. The van der Waals surface area contributed by atoms with E-state index in [-0.39, 0.29) is 11.9 Å². The van der Waals surface area contributed by atoms with E-state index in [9.17, 15) is 4.79 Å². The van der Waals surface area contributed by atoms with Crippen LogP contribution in [0, 0.1) is 0 Å². The van der Waals surface area contributed by atoms with Crippen molar-refractivity contribution in [3.8, 4) is 0 Å². The minimum Gasteiger partial charge on any atom is -0.324 e. The van der Waals surface area contributed by atoms with Gasteiger partial charge in [0.05, 0.1) is 15.1 Å². The van der Waals surface area contributed by atoms with Gasteiger partial charge in [0.1, 0.15) is 0 Å². The summed E-state index contributed by atoms with van der Waals surface area (Å²) in [5, 5.41) is 3.08. The van der Waals surface area contributed by atoms with Crippen molar-refractivity contribution >= 4 is 39.1 Å². The van der Waals surface area contributed by atoms with Crippen molar-refractivity contribution in [1.82, 2.24) is 4.98 Å². The Morgan fingerprint density at radius 1 is 1.35 bits per heavy atom. The van der Waals surface area contributed by atoms with Crippen molar-refractivity contribution in [2.24, 2.45) is 5.73 Å². The number of amides is 1. The van der Waals surface area contributed by atoms with Crippen LogP contribution in [0.5, 0.6) is 0 Å². The van der Waals surface area contributed by atoms with Crippen molar-refractivity contribution in [2.45, 2.75) is 13.0 Å². The largest absolute Gasteiger partial charge is 0.324 e. The molecule has 1 atom stereocenters. The molecule has 0 aliphatic heterocycles. The van der Waals surface area contributed by atoms with Gasteiger partial charge in [-0.25, -0.2) is 0 Å². The monoisotopic (exact) mass is 353 g/mol. The van der Waals surface area contributed by atoms with Gasteiger partial charge in [-0.1, -0.05) is 23.7 Å². The first-order chi connectivity index (χ1) is 9.49. The predicted molar refractivity (Wildman–Crippen MR) is 83.9 cm³/mol. The molecule has 0 saturated heterocycles. The number of carbonyl (C=O) groups is 1. The van der Waals surface area contributed by atoms with Crippen LogP contribution in [0.15, 0.2) is 41.1 Å². The van der Waals surface area contributed by atoms with Crippen LogP contribution in [0.3, 0.4) is 0 Å². The highest BCUT2D eigenvalue weighted by Crippen LogP contribution is 2.24. The number of nitrogens with zero attached hydrogens (tertiary/aromatic N) is 1. The Hall–Kier alpha value is -1.43. The third-order valence-electron chi connectivity index (χ3n) is 2.77. The highest BCUT2D eigenvalue weighted by Gasteiger charge is 2.15. The van der Waals surface area contributed by atoms with E-state index in [0.29, 0.717) is 20.7 Å². The third-order valence-corrected chi connectivity index (χ3v) is 3.66. The standard InChI is InChI=1S/C14H13BrClN3O/c1-8(17)9-2-4-10(5-3-9)19-14(20)13-11(15)6-18-7-12(13)16/h2-8H,17H2,1H3,(H,19,20)/t8-/m1/s1. The molecule has 1 aromatic heterocycles. The number of hydrogen-bond acceptors (Lipinski definition) is 3. The molecular weight excluding hydrogens is 342 g/mol. The molecule has 0 bridgehead atoms. The fourth-order valence-corrected chi connectivity index (χ4v) is 2.56. The van der Waals surface area contributed by atoms with Crippen LogP contribution in [0.4, 0.5) is 5.69 Å². The van der Waals surface area contributed by atoms with Crippen molar-refractivity contribution in [3.63, 3.8) is 0 Å². The van der Waals surface area contributed by atoms with Gasteiger partial charge in [0.2, 0.25) is 0 Å². The zero-order valence-corrected chi connectivity index (χ0v) is 13.1. The summed E-state index contributed by atoms with van der Waals surface area (Å²) in [4.78, 5) is 16.1. The Balaban J connectivity index is 2.19. The molecule has 0 aliphatic rings. The lowest BCUT2D eigenvalue weighted by molar-refractivity contribution is 0.102. The molecule has 104 valence electrons. The van der Waals surface area contributed by atoms with Crippen molar-refractivity contribution in [3.05, 3.63) is 57.3 Å². The zero-order valence-electron chi connectivity index (χ0n) is 10.7. The van der Waals surface area contributed by atoms with Gasteiger partial charge in [-0.05, 0) is 40.5 Å². The molecule has 0 radical (unpaired) electrons. The average molecular weight is 355 g/mol. The minimum atomic E-state index is -0.294. The van der Waals surface area contributed by atoms with Crippen LogP contribution in [0.2, 0.25) is 5.02 Å². The quantitative estimate of drug-likeness (QED) is 0.881. The Kier molecular flexibility index (Phi) is 4.75. The second-order valence-electron chi connectivity index (χ2n) is 4.34. The molecule has 0 spiro atoms. The molecule has 2 rings (SSSR count). The van der Waals surface area contributed by atoms with Gasteiger partial charge in [0.15, 0.2) is 0 Å². The van der Waals surface area contributed by atoms with Gasteiger partial charge < -0.3 is 11.1 Å². The lowest BCUT2D eigenvalue weighted by Crippen LogP contribution is -2.13. The molecule has 0 fully saturated rings. The predicted octanol–water partition coefficient (Wildman–Crippen LogP) is 3.77. The number of hydrogen-bond donors (Lipinski definition) is 2. The molecule has 20 heavy (non-hydrogen) atoms. The van der Waals surface area contributed by atoms with E-state index in [1.807, 2.05) is 19.1 Å². The van der Waals surface area contributed by atoms with Gasteiger partial charge in [-0.2, -0.15) is 0 Å². The Morgan fingerprint density at radius 3 is 2.55 bits per heavy atom. The molecule has 1 amide bonds. The molecule has 1 aromatic carbocycles. The topological polar surface area (TPSA) is 68.0 Å². The van der Waals surface area contributed by atoms with E-state index in [1.54, 1.807) is 12.1 Å². The van der Waals surface area contributed by atoms with Crippen molar-refractivity contribution in [1.29, 1.82) is 0 Å². The lowest BCUT2D eigenvalue weighted by atomic mass is 10.1. The van der Waals surface area contributed by atoms with E-state index >= 15 is 0 Å². The summed E-state index contributed by atoms with van der Waals surface area (Å²) >= 11 is 9.25. The number of rotatable bonds is 3. The maximum Gasteiger partial charge on any atom is 0.258 e. The number of nitrogens with one attached hydrogen (secondary N) is 1. The normalized spacial score (nSPS) is 12.0. The van der Waals surface area contributed by atoms with E-state index in [1.165, 1.54) is 12.4 Å². The molecular formula is C14H13BrClN3O.